The van der Waals surface area contributed by atoms with Crippen LogP contribution in [0.1, 0.15) is 37.4 Å². The van der Waals surface area contributed by atoms with Crippen LogP contribution in [0.3, 0.4) is 0 Å². The lowest BCUT2D eigenvalue weighted by Gasteiger charge is -2.32. The predicted molar refractivity (Wildman–Crippen MR) is 135 cm³/mol. The number of carbonyl (C=O) groups is 2. The summed E-state index contributed by atoms with van der Waals surface area (Å²) < 4.78 is 94.3. The molecule has 0 unspecified atom stereocenters. The number of anilines is 2. The first kappa shape index (κ1) is 30.1. The van der Waals surface area contributed by atoms with E-state index in [1.807, 2.05) is 0 Å². The van der Waals surface area contributed by atoms with Crippen LogP contribution >= 0.6 is 0 Å². The highest BCUT2D eigenvalue weighted by molar-refractivity contribution is 6.09. The Balaban J connectivity index is 2.01. The van der Waals surface area contributed by atoms with Gasteiger partial charge in [-0.25, -0.2) is 15.9 Å². The Hall–Kier alpha value is -4.40. The zero-order chi connectivity index (χ0) is 30.0. The quantitative estimate of drug-likeness (QED) is 0.231. The van der Waals surface area contributed by atoms with E-state index >= 15 is 0 Å². The molecule has 0 aromatic heterocycles. The number of nitrogens with zero attached hydrogens (tertiary/aromatic N) is 3. The van der Waals surface area contributed by atoms with Gasteiger partial charge in [-0.3, -0.25) is 14.4 Å². The van der Waals surface area contributed by atoms with E-state index in [1.54, 1.807) is 30.3 Å². The summed E-state index contributed by atoms with van der Waals surface area (Å²) in [5.41, 5.74) is -7.16. The molecular formula is C28H22F7N3O2. The molecule has 3 aromatic rings. The van der Waals surface area contributed by atoms with Gasteiger partial charge in [0.2, 0.25) is 0 Å². The Kier molecular flexibility index (Phi) is 8.29. The number of aryl methyl sites for hydroxylation is 2. The standard InChI is InChI=1S/C28H22F7N3O2/c1-17-13-21(26(29,27(30,31)32)28(33,34)35)14-18(2)23(17)37(4)24(39)20-11-8-12-22(15-20)38(16-36-3)25(40)19-9-6-5-7-10-19/h5-15H,16H2,1-2,4H3. The van der Waals surface area contributed by atoms with Crippen LogP contribution in [-0.4, -0.2) is 37.9 Å². The first-order valence-electron chi connectivity index (χ1n) is 11.6. The van der Waals surface area contributed by atoms with E-state index in [1.165, 1.54) is 31.3 Å². The molecule has 0 saturated heterocycles. The molecule has 0 fully saturated rings. The molecule has 0 spiro atoms. The second-order valence-electron chi connectivity index (χ2n) is 8.93. The molecule has 210 valence electrons. The van der Waals surface area contributed by atoms with Crippen LogP contribution in [0.5, 0.6) is 0 Å². The van der Waals surface area contributed by atoms with Gasteiger partial charge < -0.3 is 4.90 Å². The van der Waals surface area contributed by atoms with Crippen LogP contribution in [0.25, 0.3) is 4.85 Å². The zero-order valence-corrected chi connectivity index (χ0v) is 21.4. The average Bonchev–Trinajstić information content (AvgIpc) is 2.89. The highest BCUT2D eigenvalue weighted by atomic mass is 19.4. The molecule has 0 N–H and O–H groups in total. The van der Waals surface area contributed by atoms with E-state index in [2.05, 4.69) is 4.85 Å². The zero-order valence-electron chi connectivity index (χ0n) is 21.4. The fourth-order valence-electron chi connectivity index (χ4n) is 4.34. The summed E-state index contributed by atoms with van der Waals surface area (Å²) in [6.07, 6.45) is -12.6. The summed E-state index contributed by atoms with van der Waals surface area (Å²) in [6.45, 7) is 9.20. The van der Waals surface area contributed by atoms with Crippen LogP contribution < -0.4 is 9.80 Å². The SMILES string of the molecule is [C-]#[N+]CN(C(=O)c1ccccc1)c1cccc(C(=O)N(C)c2c(C)cc(C(F)(C(F)(F)F)C(F)(F)F)cc2C)c1. The van der Waals surface area contributed by atoms with Crippen LogP contribution in [-0.2, 0) is 5.67 Å². The van der Waals surface area contributed by atoms with Crippen molar-refractivity contribution in [2.45, 2.75) is 31.9 Å². The lowest BCUT2D eigenvalue weighted by Crippen LogP contribution is -2.50. The second-order valence-corrected chi connectivity index (χ2v) is 8.93. The van der Waals surface area contributed by atoms with Gasteiger partial charge in [-0.2, -0.15) is 26.3 Å². The number of halogens is 7. The lowest BCUT2D eigenvalue weighted by molar-refractivity contribution is -0.348. The van der Waals surface area contributed by atoms with Gasteiger partial charge in [0.15, 0.2) is 0 Å². The number of hydrogen-bond acceptors (Lipinski definition) is 2. The van der Waals surface area contributed by atoms with E-state index in [4.69, 9.17) is 6.57 Å². The first-order chi connectivity index (χ1) is 18.5. The summed E-state index contributed by atoms with van der Waals surface area (Å²) in [4.78, 5) is 31.8. The van der Waals surface area contributed by atoms with Gasteiger partial charge in [0.1, 0.15) is 0 Å². The summed E-state index contributed by atoms with van der Waals surface area (Å²) in [7, 11) is 1.26. The van der Waals surface area contributed by atoms with Crippen LogP contribution in [0.2, 0.25) is 0 Å². The van der Waals surface area contributed by atoms with Gasteiger partial charge in [-0.1, -0.05) is 36.4 Å². The third-order valence-corrected chi connectivity index (χ3v) is 6.19. The van der Waals surface area contributed by atoms with Crippen LogP contribution in [0, 0.1) is 20.4 Å². The number of alkyl halides is 7. The Bertz CT molecular complexity index is 1420. The average molecular weight is 565 g/mol. The molecule has 2 amide bonds. The number of benzene rings is 3. The van der Waals surface area contributed by atoms with Gasteiger partial charge >= 0.3 is 18.0 Å². The summed E-state index contributed by atoms with van der Waals surface area (Å²) >= 11 is 0. The molecule has 0 saturated carbocycles. The molecule has 0 atom stereocenters. The third-order valence-electron chi connectivity index (χ3n) is 6.19. The molecule has 3 rings (SSSR count). The van der Waals surface area contributed by atoms with Crippen molar-refractivity contribution in [2.75, 3.05) is 23.5 Å². The maximum atomic E-state index is 14.6. The van der Waals surface area contributed by atoms with Crippen molar-refractivity contribution in [2.24, 2.45) is 0 Å². The molecule has 0 radical (unpaired) electrons. The van der Waals surface area contributed by atoms with Crippen LogP contribution in [0.4, 0.5) is 42.1 Å². The molecular weight excluding hydrogens is 543 g/mol. The maximum absolute atomic E-state index is 14.6. The summed E-state index contributed by atoms with van der Waals surface area (Å²) in [5, 5.41) is 0. The Morgan fingerprint density at radius 1 is 0.775 bits per heavy atom. The number of carbonyl (C=O) groups excluding carboxylic acids is 2. The van der Waals surface area contributed by atoms with Crippen molar-refractivity contribution in [3.05, 3.63) is 106 Å². The minimum Gasteiger partial charge on any atom is -0.311 e. The normalized spacial score (nSPS) is 12.0. The monoisotopic (exact) mass is 565 g/mol. The molecule has 0 aliphatic heterocycles. The minimum atomic E-state index is -6.28. The van der Waals surface area contributed by atoms with Crippen molar-refractivity contribution in [1.82, 2.24) is 0 Å². The molecule has 40 heavy (non-hydrogen) atoms. The highest BCUT2D eigenvalue weighted by Crippen LogP contribution is 2.54. The van der Waals surface area contributed by atoms with Gasteiger partial charge in [-0.05, 0) is 55.3 Å². The smallest absolute Gasteiger partial charge is 0.311 e. The summed E-state index contributed by atoms with van der Waals surface area (Å²) in [5.74, 6) is -1.21. The van der Waals surface area contributed by atoms with Crippen molar-refractivity contribution in [3.63, 3.8) is 0 Å². The lowest BCUT2D eigenvalue weighted by atomic mass is 9.90. The number of hydrogen-bond donors (Lipinski definition) is 0. The third kappa shape index (κ3) is 5.50. The van der Waals surface area contributed by atoms with Gasteiger partial charge in [0, 0.05) is 29.4 Å². The number of amides is 2. The highest BCUT2D eigenvalue weighted by Gasteiger charge is 2.73. The number of rotatable bonds is 6. The van der Waals surface area contributed by atoms with Crippen molar-refractivity contribution < 1.29 is 40.3 Å². The predicted octanol–water partition coefficient (Wildman–Crippen LogP) is 7.39. The molecule has 0 aliphatic carbocycles. The molecule has 0 heterocycles. The van der Waals surface area contributed by atoms with Gasteiger partial charge in [-0.15, -0.1) is 0 Å². The second kappa shape index (κ2) is 11.0. The fourth-order valence-corrected chi connectivity index (χ4v) is 4.34. The van der Waals surface area contributed by atoms with Crippen molar-refractivity contribution >= 4 is 23.2 Å². The summed E-state index contributed by atoms with van der Waals surface area (Å²) in [6, 6.07) is 14.6. The fraction of sp³-hybridized carbons (Fsp3) is 0.250. The minimum absolute atomic E-state index is 0.0177. The van der Waals surface area contributed by atoms with Crippen molar-refractivity contribution in [1.29, 1.82) is 0 Å². The van der Waals surface area contributed by atoms with Crippen LogP contribution in [0.15, 0.2) is 66.7 Å². The van der Waals surface area contributed by atoms with E-state index in [9.17, 15) is 40.3 Å². The Morgan fingerprint density at radius 3 is 1.80 bits per heavy atom. The first-order valence-corrected chi connectivity index (χ1v) is 11.6. The molecule has 5 nitrogen and oxygen atoms in total. The van der Waals surface area contributed by atoms with E-state index in [-0.39, 0.29) is 34.7 Å². The van der Waals surface area contributed by atoms with E-state index in [0.717, 1.165) is 23.6 Å². The largest absolute Gasteiger partial charge is 0.435 e. The molecule has 12 heteroatoms. The Morgan fingerprint density at radius 2 is 1.30 bits per heavy atom. The van der Waals surface area contributed by atoms with Gasteiger partial charge in [0.25, 0.3) is 18.5 Å². The molecule has 0 bridgehead atoms. The van der Waals surface area contributed by atoms with Crippen molar-refractivity contribution in [3.8, 4) is 0 Å². The van der Waals surface area contributed by atoms with E-state index < -0.39 is 35.4 Å². The van der Waals surface area contributed by atoms with E-state index in [0.29, 0.717) is 17.7 Å². The van der Waals surface area contributed by atoms with Gasteiger partial charge in [0.05, 0.1) is 5.69 Å². The molecule has 0 aliphatic rings. The Labute approximate surface area is 225 Å². The molecule has 3 aromatic carbocycles. The topological polar surface area (TPSA) is 45.0 Å². The maximum Gasteiger partial charge on any atom is 0.435 e.